The lowest BCUT2D eigenvalue weighted by Gasteiger charge is -2.23. The molecule has 1 aliphatic heterocycles. The van der Waals surface area contributed by atoms with Gasteiger partial charge in [0, 0.05) is 12.8 Å². The lowest BCUT2D eigenvalue weighted by Crippen LogP contribution is -2.42. The molecule has 1 aromatic rings. The molecule has 8 nitrogen and oxygen atoms in total. The molecule has 0 amide bonds. The second-order valence-electron chi connectivity index (χ2n) is 5.26. The summed E-state index contributed by atoms with van der Waals surface area (Å²) >= 11 is 0. The smallest absolute Gasteiger partial charge is 0.337 e. The molecule has 0 aliphatic carbocycles. The molecule has 2 atom stereocenters. The zero-order valence-corrected chi connectivity index (χ0v) is 11.9. The fraction of sp³-hybridized carbons (Fsp3) is 0.615. The minimum Gasteiger partial charge on any atom is -0.479 e. The Bertz CT molecular complexity index is 489. The van der Waals surface area contributed by atoms with Gasteiger partial charge in [0.15, 0.2) is 5.60 Å². The quantitative estimate of drug-likeness (QED) is 0.593. The number of carboxylic acids is 1. The fourth-order valence-corrected chi connectivity index (χ4v) is 1.91. The van der Waals surface area contributed by atoms with Crippen LogP contribution in [0.15, 0.2) is 12.3 Å². The Hall–Kier alpha value is -1.93. The van der Waals surface area contributed by atoms with E-state index in [4.69, 9.17) is 9.84 Å². The van der Waals surface area contributed by atoms with Crippen molar-refractivity contribution >= 4 is 17.7 Å². The van der Waals surface area contributed by atoms with Gasteiger partial charge in [0.2, 0.25) is 5.95 Å². The Kier molecular flexibility index (Phi) is 4.92. The van der Waals surface area contributed by atoms with Crippen LogP contribution in [-0.2, 0) is 9.53 Å². The SMILES string of the molecule is CC(O)(CNc1nccc(NC2CCCOC2)n1)C(=O)O. The molecule has 1 saturated heterocycles. The summed E-state index contributed by atoms with van der Waals surface area (Å²) in [5, 5.41) is 24.4. The van der Waals surface area contributed by atoms with Gasteiger partial charge in [0.25, 0.3) is 0 Å². The summed E-state index contributed by atoms with van der Waals surface area (Å²) < 4.78 is 5.38. The molecule has 21 heavy (non-hydrogen) atoms. The number of aliphatic carboxylic acids is 1. The van der Waals surface area contributed by atoms with E-state index >= 15 is 0 Å². The van der Waals surface area contributed by atoms with Crippen LogP contribution in [0.1, 0.15) is 19.8 Å². The summed E-state index contributed by atoms with van der Waals surface area (Å²) in [6, 6.07) is 1.94. The highest BCUT2D eigenvalue weighted by atomic mass is 16.5. The molecule has 2 rings (SSSR count). The van der Waals surface area contributed by atoms with Gasteiger partial charge in [0.05, 0.1) is 19.2 Å². The number of aliphatic hydroxyl groups is 1. The minimum absolute atomic E-state index is 0.182. The van der Waals surface area contributed by atoms with Crippen molar-refractivity contribution in [1.82, 2.24) is 9.97 Å². The van der Waals surface area contributed by atoms with E-state index in [0.29, 0.717) is 12.4 Å². The highest BCUT2D eigenvalue weighted by Crippen LogP contribution is 2.14. The standard InChI is InChI=1S/C13H20N4O4/c1-13(20,11(18)19)8-15-12-14-5-4-10(17-12)16-9-3-2-6-21-7-9/h4-5,9,20H,2-3,6-8H2,1H3,(H,18,19)(H2,14,15,16,17). The summed E-state index contributed by atoms with van der Waals surface area (Å²) in [5.41, 5.74) is -1.87. The number of aromatic nitrogens is 2. The first-order valence-electron chi connectivity index (χ1n) is 6.84. The van der Waals surface area contributed by atoms with Crippen LogP contribution < -0.4 is 10.6 Å². The van der Waals surface area contributed by atoms with Crippen molar-refractivity contribution in [1.29, 1.82) is 0 Å². The number of anilines is 2. The topological polar surface area (TPSA) is 117 Å². The number of hydrogen-bond acceptors (Lipinski definition) is 7. The molecule has 2 heterocycles. The van der Waals surface area contributed by atoms with Crippen molar-refractivity contribution in [2.24, 2.45) is 0 Å². The van der Waals surface area contributed by atoms with E-state index in [1.54, 1.807) is 12.3 Å². The van der Waals surface area contributed by atoms with E-state index in [9.17, 15) is 9.90 Å². The second-order valence-corrected chi connectivity index (χ2v) is 5.26. The number of nitrogens with one attached hydrogen (secondary N) is 2. The van der Waals surface area contributed by atoms with E-state index in [1.807, 2.05) is 0 Å². The van der Waals surface area contributed by atoms with Crippen molar-refractivity contribution in [3.8, 4) is 0 Å². The third kappa shape index (κ3) is 4.54. The molecule has 1 aromatic heterocycles. The molecular formula is C13H20N4O4. The minimum atomic E-state index is -1.87. The molecule has 116 valence electrons. The number of nitrogens with zero attached hydrogens (tertiary/aromatic N) is 2. The first-order chi connectivity index (χ1) is 9.97. The van der Waals surface area contributed by atoms with Crippen LogP contribution >= 0.6 is 0 Å². The highest BCUT2D eigenvalue weighted by molar-refractivity contribution is 5.77. The van der Waals surface area contributed by atoms with Crippen molar-refractivity contribution in [3.63, 3.8) is 0 Å². The summed E-state index contributed by atoms with van der Waals surface area (Å²) in [5.74, 6) is -0.403. The first-order valence-corrected chi connectivity index (χ1v) is 6.84. The van der Waals surface area contributed by atoms with Gasteiger partial charge in [-0.25, -0.2) is 9.78 Å². The largest absolute Gasteiger partial charge is 0.479 e. The fourth-order valence-electron chi connectivity index (χ4n) is 1.91. The van der Waals surface area contributed by atoms with Crippen LogP contribution in [0.25, 0.3) is 0 Å². The highest BCUT2D eigenvalue weighted by Gasteiger charge is 2.29. The average Bonchev–Trinajstić information content (AvgIpc) is 2.47. The maximum atomic E-state index is 10.8. The first kappa shape index (κ1) is 15.5. The number of ether oxygens (including phenoxy) is 1. The zero-order valence-electron chi connectivity index (χ0n) is 11.9. The van der Waals surface area contributed by atoms with Gasteiger partial charge in [-0.1, -0.05) is 0 Å². The van der Waals surface area contributed by atoms with Gasteiger partial charge < -0.3 is 25.6 Å². The average molecular weight is 296 g/mol. The molecule has 1 aliphatic rings. The Balaban J connectivity index is 1.92. The van der Waals surface area contributed by atoms with E-state index in [2.05, 4.69) is 20.6 Å². The maximum Gasteiger partial charge on any atom is 0.337 e. The normalized spacial score (nSPS) is 21.3. The van der Waals surface area contributed by atoms with Crippen molar-refractivity contribution < 1.29 is 19.7 Å². The van der Waals surface area contributed by atoms with E-state index in [1.165, 1.54) is 6.92 Å². The van der Waals surface area contributed by atoms with Crippen molar-refractivity contribution in [2.45, 2.75) is 31.4 Å². The third-order valence-electron chi connectivity index (χ3n) is 3.22. The van der Waals surface area contributed by atoms with Crippen molar-refractivity contribution in [2.75, 3.05) is 30.4 Å². The Labute approximate surface area is 122 Å². The molecule has 0 radical (unpaired) electrons. The Morgan fingerprint density at radius 3 is 3.10 bits per heavy atom. The molecule has 8 heteroatoms. The van der Waals surface area contributed by atoms with Gasteiger partial charge in [-0.05, 0) is 25.8 Å². The second kappa shape index (κ2) is 6.68. The van der Waals surface area contributed by atoms with E-state index in [0.717, 1.165) is 19.4 Å². The summed E-state index contributed by atoms with van der Waals surface area (Å²) in [6.07, 6.45) is 3.59. The molecule has 1 fully saturated rings. The lowest BCUT2D eigenvalue weighted by atomic mass is 10.1. The predicted molar refractivity (Wildman–Crippen MR) is 76.2 cm³/mol. The van der Waals surface area contributed by atoms with Gasteiger partial charge >= 0.3 is 5.97 Å². The third-order valence-corrected chi connectivity index (χ3v) is 3.22. The van der Waals surface area contributed by atoms with Crippen LogP contribution in [-0.4, -0.2) is 57.6 Å². The predicted octanol–water partition coefficient (Wildman–Crippen LogP) is 0.315. The zero-order chi connectivity index (χ0) is 15.3. The maximum absolute atomic E-state index is 10.8. The van der Waals surface area contributed by atoms with E-state index in [-0.39, 0.29) is 18.5 Å². The van der Waals surface area contributed by atoms with Crippen LogP contribution in [0.2, 0.25) is 0 Å². The number of carboxylic acid groups (broad SMARTS) is 1. The molecule has 0 saturated carbocycles. The monoisotopic (exact) mass is 296 g/mol. The molecule has 0 spiro atoms. The van der Waals surface area contributed by atoms with Gasteiger partial charge in [-0.3, -0.25) is 0 Å². The molecule has 0 bridgehead atoms. The lowest BCUT2D eigenvalue weighted by molar-refractivity contribution is -0.155. The van der Waals surface area contributed by atoms with Gasteiger partial charge in [-0.2, -0.15) is 4.98 Å². The molecule has 2 unspecified atom stereocenters. The van der Waals surface area contributed by atoms with Gasteiger partial charge in [-0.15, -0.1) is 0 Å². The summed E-state index contributed by atoms with van der Waals surface area (Å²) in [7, 11) is 0. The molecule has 4 N–H and O–H groups in total. The van der Waals surface area contributed by atoms with Crippen molar-refractivity contribution in [3.05, 3.63) is 12.3 Å². The summed E-state index contributed by atoms with van der Waals surface area (Å²) in [6.45, 7) is 2.46. The number of rotatable bonds is 6. The molecule has 0 aromatic carbocycles. The van der Waals surface area contributed by atoms with Crippen LogP contribution in [0.4, 0.5) is 11.8 Å². The number of carbonyl (C=O) groups is 1. The Morgan fingerprint density at radius 1 is 1.62 bits per heavy atom. The Morgan fingerprint density at radius 2 is 2.43 bits per heavy atom. The summed E-state index contributed by atoms with van der Waals surface area (Å²) in [4.78, 5) is 19.0. The van der Waals surface area contributed by atoms with Gasteiger partial charge in [0.1, 0.15) is 5.82 Å². The van der Waals surface area contributed by atoms with Crippen LogP contribution in [0.5, 0.6) is 0 Å². The van der Waals surface area contributed by atoms with Crippen LogP contribution in [0, 0.1) is 0 Å². The number of hydrogen-bond donors (Lipinski definition) is 4. The van der Waals surface area contributed by atoms with E-state index < -0.39 is 11.6 Å². The van der Waals surface area contributed by atoms with Crippen LogP contribution in [0.3, 0.4) is 0 Å². The molecular weight excluding hydrogens is 276 g/mol.